The monoisotopic (exact) mass is 529 g/mol. The Labute approximate surface area is 220 Å². The molecule has 10 heteroatoms. The Morgan fingerprint density at radius 1 is 0.821 bits per heavy atom. The third kappa shape index (κ3) is 5.26. The van der Waals surface area contributed by atoms with E-state index in [2.05, 4.69) is 37.4 Å². The summed E-state index contributed by atoms with van der Waals surface area (Å²) in [6.07, 6.45) is 0.200. The number of hydrogen-bond acceptors (Lipinski definition) is 5. The van der Waals surface area contributed by atoms with E-state index in [1.54, 1.807) is 0 Å². The normalized spacial score (nSPS) is 12.8. The third-order valence-electron chi connectivity index (χ3n) is 6.13. The predicted molar refractivity (Wildman–Crippen MR) is 134 cm³/mol. The van der Waals surface area contributed by atoms with Gasteiger partial charge >= 0.3 is 5.92 Å². The molecule has 0 spiro atoms. The van der Waals surface area contributed by atoms with Crippen LogP contribution in [0.5, 0.6) is 0 Å². The quantitative estimate of drug-likeness (QED) is 0.234. The average Bonchev–Trinajstić information content (AvgIpc) is 3.45. The largest absolute Gasteiger partial charge is 0.378 e. The number of aliphatic hydroxyl groups is 1. The Morgan fingerprint density at radius 3 is 2.15 bits per heavy atom. The number of H-pyrrole nitrogens is 1. The first-order valence-corrected chi connectivity index (χ1v) is 11.7. The molecule has 5 rings (SSSR count). The number of alkyl halides is 2. The molecule has 194 valence electrons. The molecule has 1 atom stereocenters. The zero-order valence-electron chi connectivity index (χ0n) is 20.1. The smallest absolute Gasteiger partial charge is 0.322 e. The van der Waals surface area contributed by atoms with Gasteiger partial charge in [-0.15, -0.1) is 10.2 Å². The molecule has 0 saturated carbocycles. The van der Waals surface area contributed by atoms with Gasteiger partial charge in [0.05, 0.1) is 6.42 Å². The second kappa shape index (κ2) is 10.5. The minimum atomic E-state index is -4.15. The molecule has 2 N–H and O–H groups in total. The van der Waals surface area contributed by atoms with Crippen LogP contribution in [0.1, 0.15) is 28.2 Å². The predicted octanol–water partition coefficient (Wildman–Crippen LogP) is 5.16. The number of pyridine rings is 1. The van der Waals surface area contributed by atoms with Gasteiger partial charge in [-0.3, -0.25) is 4.98 Å². The lowest BCUT2D eigenvalue weighted by Gasteiger charge is -2.35. The van der Waals surface area contributed by atoms with Crippen molar-refractivity contribution in [3.63, 3.8) is 0 Å². The van der Waals surface area contributed by atoms with Crippen LogP contribution in [-0.4, -0.2) is 30.7 Å². The van der Waals surface area contributed by atoms with Gasteiger partial charge in [0.2, 0.25) is 0 Å². The fraction of sp³-hybridized carbons (Fsp3) is 0.103. The van der Waals surface area contributed by atoms with Gasteiger partial charge in [0.1, 0.15) is 17.3 Å². The van der Waals surface area contributed by atoms with E-state index in [4.69, 9.17) is 0 Å². The highest BCUT2D eigenvalue weighted by Crippen LogP contribution is 2.47. The maximum atomic E-state index is 15.8. The highest BCUT2D eigenvalue weighted by atomic mass is 19.3. The van der Waals surface area contributed by atoms with E-state index >= 15 is 8.78 Å². The minimum absolute atomic E-state index is 0.304. The molecule has 0 radical (unpaired) electrons. The molecule has 5 aromatic rings. The van der Waals surface area contributed by atoms with Crippen molar-refractivity contribution in [1.29, 1.82) is 0 Å². The van der Waals surface area contributed by atoms with Crippen molar-refractivity contribution in [2.45, 2.75) is 17.9 Å². The van der Waals surface area contributed by atoms with Crippen LogP contribution in [0.3, 0.4) is 0 Å². The first-order chi connectivity index (χ1) is 18.8. The number of rotatable bonds is 6. The molecule has 39 heavy (non-hydrogen) atoms. The molecule has 0 aliphatic carbocycles. The summed E-state index contributed by atoms with van der Waals surface area (Å²) in [6, 6.07) is 21.6. The summed E-state index contributed by atoms with van der Waals surface area (Å²) < 4.78 is 59.8. The summed E-state index contributed by atoms with van der Waals surface area (Å²) >= 11 is 0. The highest BCUT2D eigenvalue weighted by molar-refractivity contribution is 5.64. The lowest BCUT2D eigenvalue weighted by atomic mass is 9.81. The van der Waals surface area contributed by atoms with Crippen LogP contribution in [0.25, 0.3) is 11.1 Å². The lowest BCUT2D eigenvalue weighted by Crippen LogP contribution is -2.46. The molecule has 0 bridgehead atoms. The van der Waals surface area contributed by atoms with Crippen molar-refractivity contribution in [2.75, 3.05) is 0 Å². The first-order valence-electron chi connectivity index (χ1n) is 11.7. The number of nitrogens with zero attached hydrogens (tertiary/aromatic N) is 4. The molecule has 0 aliphatic rings. The van der Waals surface area contributed by atoms with Crippen molar-refractivity contribution < 1.29 is 22.7 Å². The van der Waals surface area contributed by atoms with Crippen LogP contribution >= 0.6 is 0 Å². The molecule has 1 unspecified atom stereocenters. The molecular formula is C29H19F4N5O. The lowest BCUT2D eigenvalue weighted by molar-refractivity contribution is -0.199. The Kier molecular flexibility index (Phi) is 6.92. The third-order valence-corrected chi connectivity index (χ3v) is 6.13. The first kappa shape index (κ1) is 25.8. The number of benzene rings is 3. The van der Waals surface area contributed by atoms with E-state index in [0.29, 0.717) is 17.2 Å². The molecule has 0 amide bonds. The fourth-order valence-corrected chi connectivity index (χ4v) is 4.07. The number of aromatic amines is 1. The van der Waals surface area contributed by atoms with E-state index in [9.17, 15) is 13.9 Å². The van der Waals surface area contributed by atoms with Gasteiger partial charge < -0.3 is 5.11 Å². The van der Waals surface area contributed by atoms with Crippen molar-refractivity contribution >= 4 is 0 Å². The zero-order chi connectivity index (χ0) is 27.5. The van der Waals surface area contributed by atoms with Gasteiger partial charge in [0.25, 0.3) is 0 Å². The van der Waals surface area contributed by atoms with Crippen LogP contribution in [-0.2, 0) is 17.9 Å². The van der Waals surface area contributed by atoms with Crippen molar-refractivity contribution in [1.82, 2.24) is 25.6 Å². The SMILES string of the molecule is OC(Cc1nn[nH]n1)(c1ccc(F)cc1F)C(F)(F)c1ccc(C#Cc2ccc(-c3ccccc3)cc2)cn1. The minimum Gasteiger partial charge on any atom is -0.378 e. The van der Waals surface area contributed by atoms with Crippen molar-refractivity contribution in [3.8, 4) is 23.0 Å². The topological polar surface area (TPSA) is 87.6 Å². The van der Waals surface area contributed by atoms with Gasteiger partial charge in [-0.1, -0.05) is 65.6 Å². The summed E-state index contributed by atoms with van der Waals surface area (Å²) in [4.78, 5) is 3.81. The Balaban J connectivity index is 1.42. The summed E-state index contributed by atoms with van der Waals surface area (Å²) in [6.45, 7) is 0. The maximum Gasteiger partial charge on any atom is 0.322 e. The van der Waals surface area contributed by atoms with Crippen molar-refractivity contribution in [3.05, 3.63) is 131 Å². The van der Waals surface area contributed by atoms with Crippen molar-refractivity contribution in [2.24, 2.45) is 0 Å². The van der Waals surface area contributed by atoms with Gasteiger partial charge in [-0.05, 0) is 41.5 Å². The maximum absolute atomic E-state index is 15.8. The molecule has 0 fully saturated rings. The fourth-order valence-electron chi connectivity index (χ4n) is 4.07. The average molecular weight is 529 g/mol. The standard InChI is InChI=1S/C29H19F4N5O/c30-23-13-14-24(25(31)16-23)28(39,17-27-35-37-38-36-27)29(32,33)26-15-10-20(18-34-26)7-6-19-8-11-22(12-9-19)21-4-2-1-3-5-21/h1-5,8-16,18,39H,17H2,(H,35,36,37,38). The van der Waals surface area contributed by atoms with Gasteiger partial charge in [-0.25, -0.2) is 8.78 Å². The van der Waals surface area contributed by atoms with Gasteiger partial charge in [-0.2, -0.15) is 14.0 Å². The molecule has 0 aliphatic heterocycles. The second-order valence-electron chi connectivity index (χ2n) is 8.69. The summed E-state index contributed by atoms with van der Waals surface area (Å²) in [5.74, 6) is -0.975. The van der Waals surface area contributed by atoms with Crippen LogP contribution < -0.4 is 0 Å². The summed E-state index contributed by atoms with van der Waals surface area (Å²) in [7, 11) is 0. The van der Waals surface area contributed by atoms with E-state index < -0.39 is 40.8 Å². The number of aromatic nitrogens is 5. The van der Waals surface area contributed by atoms with E-state index in [1.165, 1.54) is 6.07 Å². The molecule has 3 aromatic carbocycles. The molecule has 0 saturated heterocycles. The summed E-state index contributed by atoms with van der Waals surface area (Å²) in [5.41, 5.74) is -1.76. The van der Waals surface area contributed by atoms with Crippen LogP contribution in [0.2, 0.25) is 0 Å². The van der Waals surface area contributed by atoms with Gasteiger partial charge in [0, 0.05) is 29.0 Å². The van der Waals surface area contributed by atoms with Gasteiger partial charge in [0.15, 0.2) is 11.4 Å². The molecular weight excluding hydrogens is 510 g/mol. The zero-order valence-corrected chi connectivity index (χ0v) is 20.1. The van der Waals surface area contributed by atoms with Crippen LogP contribution in [0.4, 0.5) is 17.6 Å². The summed E-state index contributed by atoms with van der Waals surface area (Å²) in [5, 5.41) is 23.8. The number of hydrogen-bond donors (Lipinski definition) is 2. The van der Waals surface area contributed by atoms with Crippen LogP contribution in [0.15, 0.2) is 91.1 Å². The number of nitrogens with one attached hydrogen (secondary N) is 1. The second-order valence-corrected chi connectivity index (χ2v) is 8.69. The Morgan fingerprint density at radius 2 is 1.51 bits per heavy atom. The molecule has 2 heterocycles. The Hall–Kier alpha value is -4.88. The van der Waals surface area contributed by atoms with E-state index in [0.717, 1.165) is 35.5 Å². The Bertz CT molecular complexity index is 1630. The number of tetrazole rings is 1. The van der Waals surface area contributed by atoms with Crippen LogP contribution in [0, 0.1) is 23.5 Å². The highest BCUT2D eigenvalue weighted by Gasteiger charge is 2.58. The molecule has 2 aromatic heterocycles. The number of halogens is 4. The van der Waals surface area contributed by atoms with E-state index in [1.807, 2.05) is 54.6 Å². The van der Waals surface area contributed by atoms with E-state index in [-0.39, 0.29) is 5.82 Å². The molecule has 6 nitrogen and oxygen atoms in total.